The number of aromatic amines is 1. The summed E-state index contributed by atoms with van der Waals surface area (Å²) in [6, 6.07) is 2.48. The number of rotatable bonds is 2. The second-order valence-electron chi connectivity index (χ2n) is 5.81. The van der Waals surface area contributed by atoms with Crippen LogP contribution in [0.15, 0.2) is 12.3 Å². The lowest BCUT2D eigenvalue weighted by Crippen LogP contribution is -2.47. The lowest BCUT2D eigenvalue weighted by Gasteiger charge is -2.35. The number of hydrogen-bond donors (Lipinski definition) is 1. The van der Waals surface area contributed by atoms with Gasteiger partial charge in [0.1, 0.15) is 0 Å². The van der Waals surface area contributed by atoms with Crippen LogP contribution in [0, 0.1) is 4.77 Å². The van der Waals surface area contributed by atoms with E-state index in [4.69, 9.17) is 28.6 Å². The molecule has 2 aromatic heterocycles. The molecule has 2 saturated heterocycles. The Hall–Kier alpha value is -0.950. The minimum atomic E-state index is 0.169. The lowest BCUT2D eigenvalue weighted by molar-refractivity contribution is -0.0549. The van der Waals surface area contributed by atoms with Crippen molar-refractivity contribution in [3.63, 3.8) is 0 Å². The number of fused-ring (bicyclic) bond motifs is 2. The molecule has 0 saturated carbocycles. The zero-order chi connectivity index (χ0) is 14.4. The first kappa shape index (κ1) is 13.7. The van der Waals surface area contributed by atoms with E-state index in [9.17, 15) is 0 Å². The molecule has 0 aromatic carbocycles. The summed E-state index contributed by atoms with van der Waals surface area (Å²) >= 11 is 11.4. The van der Waals surface area contributed by atoms with E-state index in [0.29, 0.717) is 15.8 Å². The SMILES string of the molecule is S=c1[nH]c2cc(Cl)cnc2n1CC1CN2CCCC2CO1. The van der Waals surface area contributed by atoms with Crippen molar-refractivity contribution >= 4 is 35.0 Å². The Morgan fingerprint density at radius 2 is 2.43 bits per heavy atom. The van der Waals surface area contributed by atoms with Gasteiger partial charge in [0, 0.05) is 18.8 Å². The monoisotopic (exact) mass is 324 g/mol. The Kier molecular flexibility index (Phi) is 3.49. The number of aromatic nitrogens is 3. The maximum Gasteiger partial charge on any atom is 0.179 e. The van der Waals surface area contributed by atoms with Crippen LogP contribution in [0.5, 0.6) is 0 Å². The normalized spacial score (nSPS) is 26.3. The van der Waals surface area contributed by atoms with Crippen molar-refractivity contribution in [1.29, 1.82) is 0 Å². The van der Waals surface area contributed by atoms with Crippen LogP contribution in [0.3, 0.4) is 0 Å². The molecule has 1 N–H and O–H groups in total. The van der Waals surface area contributed by atoms with Gasteiger partial charge in [-0.3, -0.25) is 9.47 Å². The maximum absolute atomic E-state index is 6.02. The maximum atomic E-state index is 6.02. The molecule has 112 valence electrons. The highest BCUT2D eigenvalue weighted by Gasteiger charge is 2.32. The molecule has 2 aliphatic heterocycles. The van der Waals surface area contributed by atoms with Crippen molar-refractivity contribution in [2.45, 2.75) is 31.5 Å². The second kappa shape index (κ2) is 5.35. The first-order valence-electron chi connectivity index (χ1n) is 7.30. The van der Waals surface area contributed by atoms with Crippen LogP contribution in [0.25, 0.3) is 11.2 Å². The van der Waals surface area contributed by atoms with E-state index in [1.165, 1.54) is 19.4 Å². The molecule has 2 unspecified atom stereocenters. The number of ether oxygens (including phenoxy) is 1. The fraction of sp³-hybridized carbons (Fsp3) is 0.571. The van der Waals surface area contributed by atoms with Gasteiger partial charge in [-0.15, -0.1) is 0 Å². The molecule has 0 spiro atoms. The molecule has 7 heteroatoms. The van der Waals surface area contributed by atoms with Crippen LogP contribution in [-0.4, -0.2) is 51.3 Å². The third kappa shape index (κ3) is 2.50. The van der Waals surface area contributed by atoms with Crippen molar-refractivity contribution in [2.75, 3.05) is 19.7 Å². The van der Waals surface area contributed by atoms with E-state index in [-0.39, 0.29) is 6.10 Å². The molecular weight excluding hydrogens is 308 g/mol. The Balaban J connectivity index is 1.59. The molecule has 2 aliphatic rings. The van der Waals surface area contributed by atoms with Gasteiger partial charge in [0.2, 0.25) is 0 Å². The fourth-order valence-corrected chi connectivity index (χ4v) is 3.82. The average Bonchev–Trinajstić information content (AvgIpc) is 3.03. The molecule has 0 bridgehead atoms. The van der Waals surface area contributed by atoms with Gasteiger partial charge in [0.15, 0.2) is 10.4 Å². The minimum absolute atomic E-state index is 0.169. The number of nitrogens with zero attached hydrogens (tertiary/aromatic N) is 3. The van der Waals surface area contributed by atoms with Gasteiger partial charge in [0.25, 0.3) is 0 Å². The van der Waals surface area contributed by atoms with Crippen LogP contribution in [0.4, 0.5) is 0 Å². The summed E-state index contributed by atoms with van der Waals surface area (Å²) in [5, 5.41) is 0.611. The third-order valence-electron chi connectivity index (χ3n) is 4.42. The number of pyridine rings is 1. The molecule has 0 radical (unpaired) electrons. The smallest absolute Gasteiger partial charge is 0.179 e. The summed E-state index contributed by atoms with van der Waals surface area (Å²) in [4.78, 5) is 10.1. The molecule has 2 aromatic rings. The van der Waals surface area contributed by atoms with Crippen molar-refractivity contribution in [3.05, 3.63) is 22.1 Å². The van der Waals surface area contributed by atoms with Crippen LogP contribution >= 0.6 is 23.8 Å². The highest BCUT2D eigenvalue weighted by molar-refractivity contribution is 7.71. The van der Waals surface area contributed by atoms with Crippen LogP contribution in [-0.2, 0) is 11.3 Å². The standard InChI is InChI=1S/C14H17ClN4OS/c15-9-4-12-13(16-5-9)19(14(21)17-12)7-11-6-18-3-1-2-10(18)8-20-11/h4-5,10-11H,1-3,6-8H2,(H,17,21). The zero-order valence-corrected chi connectivity index (χ0v) is 13.2. The van der Waals surface area contributed by atoms with Crippen molar-refractivity contribution in [1.82, 2.24) is 19.4 Å². The van der Waals surface area contributed by atoms with E-state index in [1.54, 1.807) is 6.20 Å². The summed E-state index contributed by atoms with van der Waals surface area (Å²) in [6.45, 7) is 3.74. The van der Waals surface area contributed by atoms with Crippen LogP contribution in [0.1, 0.15) is 12.8 Å². The Labute approximate surface area is 132 Å². The highest BCUT2D eigenvalue weighted by Crippen LogP contribution is 2.24. The average molecular weight is 325 g/mol. The summed E-state index contributed by atoms with van der Waals surface area (Å²) in [5.41, 5.74) is 1.72. The van der Waals surface area contributed by atoms with Gasteiger partial charge in [-0.1, -0.05) is 11.6 Å². The Morgan fingerprint density at radius 3 is 3.33 bits per heavy atom. The zero-order valence-electron chi connectivity index (χ0n) is 11.6. The first-order chi connectivity index (χ1) is 10.2. The van der Waals surface area contributed by atoms with Gasteiger partial charge >= 0.3 is 0 Å². The molecule has 4 heterocycles. The molecule has 4 rings (SSSR count). The van der Waals surface area contributed by atoms with Crippen molar-refractivity contribution in [2.24, 2.45) is 0 Å². The van der Waals surface area contributed by atoms with E-state index < -0.39 is 0 Å². The van der Waals surface area contributed by atoms with Crippen molar-refractivity contribution < 1.29 is 4.74 Å². The van der Waals surface area contributed by atoms with E-state index in [0.717, 1.165) is 30.9 Å². The summed E-state index contributed by atoms with van der Waals surface area (Å²) in [5.74, 6) is 0. The number of nitrogens with one attached hydrogen (secondary N) is 1. The molecule has 2 atom stereocenters. The molecule has 5 nitrogen and oxygen atoms in total. The topological polar surface area (TPSA) is 46.1 Å². The van der Waals surface area contributed by atoms with E-state index in [2.05, 4.69) is 14.9 Å². The van der Waals surface area contributed by atoms with Crippen LogP contribution < -0.4 is 0 Å². The van der Waals surface area contributed by atoms with E-state index >= 15 is 0 Å². The largest absolute Gasteiger partial charge is 0.373 e. The summed E-state index contributed by atoms with van der Waals surface area (Å²) in [6.07, 6.45) is 4.37. The quantitative estimate of drug-likeness (QED) is 0.863. The number of H-pyrrole nitrogens is 1. The number of halogens is 1. The van der Waals surface area contributed by atoms with Gasteiger partial charge in [0.05, 0.1) is 29.8 Å². The molecular formula is C14H17ClN4OS. The predicted octanol–water partition coefficient (Wildman–Crippen LogP) is 2.61. The third-order valence-corrected chi connectivity index (χ3v) is 4.95. The van der Waals surface area contributed by atoms with Crippen LogP contribution in [0.2, 0.25) is 5.02 Å². The molecule has 2 fully saturated rings. The van der Waals surface area contributed by atoms with E-state index in [1.807, 2.05) is 10.6 Å². The van der Waals surface area contributed by atoms with Gasteiger partial charge in [-0.05, 0) is 37.7 Å². The van der Waals surface area contributed by atoms with Gasteiger partial charge < -0.3 is 9.72 Å². The fourth-order valence-electron chi connectivity index (χ4n) is 3.39. The van der Waals surface area contributed by atoms with Gasteiger partial charge in [-0.2, -0.15) is 0 Å². The molecule has 0 amide bonds. The van der Waals surface area contributed by atoms with Gasteiger partial charge in [-0.25, -0.2) is 4.98 Å². The highest BCUT2D eigenvalue weighted by atomic mass is 35.5. The predicted molar refractivity (Wildman–Crippen MR) is 84.3 cm³/mol. The number of morpholine rings is 1. The lowest BCUT2D eigenvalue weighted by atomic mass is 10.2. The van der Waals surface area contributed by atoms with Crippen molar-refractivity contribution in [3.8, 4) is 0 Å². The number of hydrogen-bond acceptors (Lipinski definition) is 4. The minimum Gasteiger partial charge on any atom is -0.373 e. The summed E-state index contributed by atoms with van der Waals surface area (Å²) in [7, 11) is 0. The first-order valence-corrected chi connectivity index (χ1v) is 8.09. The molecule has 0 aliphatic carbocycles. The Morgan fingerprint density at radius 1 is 1.52 bits per heavy atom. The number of imidazole rings is 1. The Bertz CT molecular complexity index is 727. The molecule has 21 heavy (non-hydrogen) atoms. The summed E-state index contributed by atoms with van der Waals surface area (Å²) < 4.78 is 8.71. The second-order valence-corrected chi connectivity index (χ2v) is 6.63.